The van der Waals surface area contributed by atoms with Crippen LogP contribution in [0.2, 0.25) is 5.02 Å². The number of hydrogen-bond acceptors (Lipinski definition) is 3. The topological polar surface area (TPSA) is 59.2 Å². The van der Waals surface area contributed by atoms with Gasteiger partial charge in [0.05, 0.1) is 10.6 Å². The number of aryl methyl sites for hydroxylation is 1. The number of carbonyl (C=O) groups is 1. The van der Waals surface area contributed by atoms with Crippen molar-refractivity contribution in [1.82, 2.24) is 4.98 Å². The Morgan fingerprint density at radius 1 is 1.32 bits per heavy atom. The molecule has 0 aliphatic rings. The summed E-state index contributed by atoms with van der Waals surface area (Å²) in [6, 6.07) is 9.21. The maximum absolute atomic E-state index is 12.3. The number of carbonyl (C=O) groups excluding carboxylic acids is 1. The van der Waals surface area contributed by atoms with Gasteiger partial charge in [-0.15, -0.1) is 0 Å². The highest BCUT2D eigenvalue weighted by atomic mass is 35.5. The summed E-state index contributed by atoms with van der Waals surface area (Å²) in [5.74, 6) is 0.0365. The highest BCUT2D eigenvalue weighted by Gasteiger charge is 2.15. The van der Waals surface area contributed by atoms with Gasteiger partial charge in [-0.1, -0.05) is 29.3 Å². The second-order valence-electron chi connectivity index (χ2n) is 4.29. The standard InChI is InChI=1S/C14H14ClN3O/c1-9-3-5-11(6-4-9)18(2)14(19)10-7-12(15)13(16)17-8-10/h3-8H,1-2H3,(H2,16,17). The number of pyridine rings is 1. The molecule has 4 nitrogen and oxygen atoms in total. The summed E-state index contributed by atoms with van der Waals surface area (Å²) in [5, 5.41) is 0.281. The lowest BCUT2D eigenvalue weighted by atomic mass is 10.2. The van der Waals surface area contributed by atoms with Crippen molar-refractivity contribution in [2.24, 2.45) is 0 Å². The molecule has 19 heavy (non-hydrogen) atoms. The lowest BCUT2D eigenvalue weighted by molar-refractivity contribution is 0.0992. The van der Waals surface area contributed by atoms with Crippen molar-refractivity contribution in [2.75, 3.05) is 17.7 Å². The van der Waals surface area contributed by atoms with E-state index >= 15 is 0 Å². The summed E-state index contributed by atoms with van der Waals surface area (Å²) >= 11 is 5.87. The van der Waals surface area contributed by atoms with Gasteiger partial charge in [-0.3, -0.25) is 4.79 Å². The Labute approximate surface area is 116 Å². The SMILES string of the molecule is Cc1ccc(N(C)C(=O)c2cnc(N)c(Cl)c2)cc1. The van der Waals surface area contributed by atoms with Gasteiger partial charge in [-0.25, -0.2) is 4.98 Å². The Hall–Kier alpha value is -2.07. The third-order valence-electron chi connectivity index (χ3n) is 2.84. The van der Waals surface area contributed by atoms with E-state index in [1.165, 1.54) is 12.3 Å². The molecule has 0 unspecified atom stereocenters. The average Bonchev–Trinajstić information content (AvgIpc) is 2.41. The molecule has 98 valence electrons. The van der Waals surface area contributed by atoms with E-state index < -0.39 is 0 Å². The predicted octanol–water partition coefficient (Wildman–Crippen LogP) is 2.90. The maximum atomic E-state index is 12.3. The second-order valence-corrected chi connectivity index (χ2v) is 4.70. The summed E-state index contributed by atoms with van der Waals surface area (Å²) in [7, 11) is 1.71. The highest BCUT2D eigenvalue weighted by molar-refractivity contribution is 6.33. The first-order chi connectivity index (χ1) is 8.99. The van der Waals surface area contributed by atoms with E-state index in [9.17, 15) is 4.79 Å². The number of anilines is 2. The summed E-state index contributed by atoms with van der Waals surface area (Å²) in [6.07, 6.45) is 1.42. The van der Waals surface area contributed by atoms with Crippen LogP contribution in [0.1, 0.15) is 15.9 Å². The zero-order valence-corrected chi connectivity index (χ0v) is 11.5. The molecule has 0 bridgehead atoms. The molecule has 1 amide bonds. The molecule has 0 radical (unpaired) electrons. The number of nitrogen functional groups attached to an aromatic ring is 1. The summed E-state index contributed by atoms with van der Waals surface area (Å²) < 4.78 is 0. The first-order valence-electron chi connectivity index (χ1n) is 5.75. The van der Waals surface area contributed by atoms with Gasteiger partial charge in [0.15, 0.2) is 0 Å². The summed E-state index contributed by atoms with van der Waals surface area (Å²) in [5.41, 5.74) is 7.88. The number of nitrogens with zero attached hydrogens (tertiary/aromatic N) is 2. The van der Waals surface area contributed by atoms with Gasteiger partial charge in [0.25, 0.3) is 5.91 Å². The van der Waals surface area contributed by atoms with Crippen LogP contribution < -0.4 is 10.6 Å². The maximum Gasteiger partial charge on any atom is 0.259 e. The van der Waals surface area contributed by atoms with Crippen molar-refractivity contribution in [2.45, 2.75) is 6.92 Å². The fraction of sp³-hybridized carbons (Fsp3) is 0.143. The van der Waals surface area contributed by atoms with Crippen LogP contribution in [0.25, 0.3) is 0 Å². The van der Waals surface area contributed by atoms with Crippen LogP contribution >= 0.6 is 11.6 Å². The number of benzene rings is 1. The van der Waals surface area contributed by atoms with Crippen LogP contribution in [0.15, 0.2) is 36.5 Å². The Morgan fingerprint density at radius 2 is 1.95 bits per heavy atom. The third kappa shape index (κ3) is 2.85. The Balaban J connectivity index is 2.28. The average molecular weight is 276 g/mol. The van der Waals surface area contributed by atoms with Gasteiger partial charge in [-0.05, 0) is 25.1 Å². The quantitative estimate of drug-likeness (QED) is 0.917. The van der Waals surface area contributed by atoms with Crippen molar-refractivity contribution < 1.29 is 4.79 Å². The number of halogens is 1. The molecule has 0 aliphatic carbocycles. The van der Waals surface area contributed by atoms with Crippen molar-refractivity contribution in [3.05, 3.63) is 52.7 Å². The number of amides is 1. The van der Waals surface area contributed by atoms with E-state index in [0.717, 1.165) is 11.3 Å². The van der Waals surface area contributed by atoms with Gasteiger partial charge in [-0.2, -0.15) is 0 Å². The lowest BCUT2D eigenvalue weighted by Crippen LogP contribution is -2.26. The number of nitrogens with two attached hydrogens (primary N) is 1. The third-order valence-corrected chi connectivity index (χ3v) is 3.15. The lowest BCUT2D eigenvalue weighted by Gasteiger charge is -2.17. The number of aromatic nitrogens is 1. The van der Waals surface area contributed by atoms with Crippen molar-refractivity contribution in [3.8, 4) is 0 Å². The van der Waals surface area contributed by atoms with E-state index in [0.29, 0.717) is 5.56 Å². The normalized spacial score (nSPS) is 10.3. The molecule has 1 heterocycles. The largest absolute Gasteiger partial charge is 0.382 e. The molecule has 5 heteroatoms. The van der Waals surface area contributed by atoms with E-state index in [1.807, 2.05) is 31.2 Å². The van der Waals surface area contributed by atoms with Crippen molar-refractivity contribution in [3.63, 3.8) is 0 Å². The van der Waals surface area contributed by atoms with E-state index in [4.69, 9.17) is 17.3 Å². The molecule has 0 aliphatic heterocycles. The molecule has 0 atom stereocenters. The fourth-order valence-corrected chi connectivity index (χ4v) is 1.81. The molecular weight excluding hydrogens is 262 g/mol. The smallest absolute Gasteiger partial charge is 0.259 e. The molecule has 0 spiro atoms. The van der Waals surface area contributed by atoms with Crippen LogP contribution in [0.3, 0.4) is 0 Å². The zero-order valence-electron chi connectivity index (χ0n) is 10.7. The molecule has 2 rings (SSSR count). The monoisotopic (exact) mass is 275 g/mol. The Bertz CT molecular complexity index is 611. The van der Waals surface area contributed by atoms with Gasteiger partial charge in [0.1, 0.15) is 5.82 Å². The minimum atomic E-state index is -0.182. The molecular formula is C14H14ClN3O. The highest BCUT2D eigenvalue weighted by Crippen LogP contribution is 2.20. The molecule has 0 saturated carbocycles. The first kappa shape index (κ1) is 13.4. The minimum absolute atomic E-state index is 0.182. The van der Waals surface area contributed by atoms with Crippen LogP contribution in [0.4, 0.5) is 11.5 Å². The first-order valence-corrected chi connectivity index (χ1v) is 6.12. The molecule has 1 aromatic heterocycles. The van der Waals surface area contributed by atoms with Crippen LogP contribution in [-0.4, -0.2) is 17.9 Å². The molecule has 0 saturated heterocycles. The van der Waals surface area contributed by atoms with Crippen molar-refractivity contribution >= 4 is 29.0 Å². The van der Waals surface area contributed by atoms with E-state index in [-0.39, 0.29) is 16.7 Å². The van der Waals surface area contributed by atoms with Gasteiger partial charge < -0.3 is 10.6 Å². The van der Waals surface area contributed by atoms with Crippen molar-refractivity contribution in [1.29, 1.82) is 0 Å². The van der Waals surface area contributed by atoms with E-state index in [1.54, 1.807) is 11.9 Å². The minimum Gasteiger partial charge on any atom is -0.382 e. The zero-order chi connectivity index (χ0) is 14.0. The fourth-order valence-electron chi connectivity index (χ4n) is 1.64. The predicted molar refractivity (Wildman–Crippen MR) is 77.6 cm³/mol. The van der Waals surface area contributed by atoms with Gasteiger partial charge in [0.2, 0.25) is 0 Å². The molecule has 2 N–H and O–H groups in total. The number of rotatable bonds is 2. The van der Waals surface area contributed by atoms with E-state index in [2.05, 4.69) is 4.98 Å². The molecule has 0 fully saturated rings. The Morgan fingerprint density at radius 3 is 2.53 bits per heavy atom. The summed E-state index contributed by atoms with van der Waals surface area (Å²) in [4.78, 5) is 17.7. The molecule has 1 aromatic carbocycles. The Kier molecular flexibility index (Phi) is 3.71. The van der Waals surface area contributed by atoms with Crippen LogP contribution in [-0.2, 0) is 0 Å². The van der Waals surface area contributed by atoms with Crippen LogP contribution in [0, 0.1) is 6.92 Å². The number of hydrogen-bond donors (Lipinski definition) is 1. The van der Waals surface area contributed by atoms with Gasteiger partial charge in [0, 0.05) is 18.9 Å². The van der Waals surface area contributed by atoms with Crippen LogP contribution in [0.5, 0.6) is 0 Å². The summed E-state index contributed by atoms with van der Waals surface area (Å²) in [6.45, 7) is 2.00. The van der Waals surface area contributed by atoms with Gasteiger partial charge >= 0.3 is 0 Å². The molecule has 2 aromatic rings. The second kappa shape index (κ2) is 5.28.